The molecule has 0 N–H and O–H groups in total. The molecular formula is C23H20O4. The molecule has 0 bridgehead atoms. The van der Waals surface area contributed by atoms with E-state index < -0.39 is 0 Å². The lowest BCUT2D eigenvalue weighted by Gasteiger charge is -2.29. The Morgan fingerprint density at radius 2 is 1.74 bits per heavy atom. The first-order chi connectivity index (χ1) is 13.1. The molecule has 1 aliphatic carbocycles. The third-order valence-electron chi connectivity index (χ3n) is 5.74. The van der Waals surface area contributed by atoms with Crippen molar-refractivity contribution in [2.24, 2.45) is 0 Å². The van der Waals surface area contributed by atoms with Crippen molar-refractivity contribution in [2.45, 2.75) is 45.1 Å². The zero-order valence-electron chi connectivity index (χ0n) is 15.2. The molecule has 1 aliphatic heterocycles. The average molecular weight is 360 g/mol. The van der Waals surface area contributed by atoms with Crippen molar-refractivity contribution in [2.75, 3.05) is 0 Å². The fourth-order valence-electron chi connectivity index (χ4n) is 4.46. The number of hydrogen-bond acceptors (Lipinski definition) is 4. The van der Waals surface area contributed by atoms with Crippen LogP contribution in [-0.2, 0) is 12.8 Å². The van der Waals surface area contributed by atoms with Crippen molar-refractivity contribution >= 4 is 16.8 Å². The molecule has 0 spiro atoms. The van der Waals surface area contributed by atoms with Crippen LogP contribution in [0, 0.1) is 6.92 Å². The quantitative estimate of drug-likeness (QED) is 0.591. The Morgan fingerprint density at radius 1 is 1.00 bits per heavy atom. The highest BCUT2D eigenvalue weighted by Gasteiger charge is 2.33. The summed E-state index contributed by atoms with van der Waals surface area (Å²) in [4.78, 5) is 25.4. The molecule has 2 heterocycles. The molecule has 5 rings (SSSR count). The maximum absolute atomic E-state index is 13.0. The van der Waals surface area contributed by atoms with Crippen LogP contribution in [0.2, 0.25) is 0 Å². The van der Waals surface area contributed by atoms with Gasteiger partial charge in [-0.3, -0.25) is 4.79 Å². The van der Waals surface area contributed by atoms with Gasteiger partial charge in [0, 0.05) is 5.56 Å². The largest absolute Gasteiger partial charge is 0.484 e. The van der Waals surface area contributed by atoms with Gasteiger partial charge >= 0.3 is 5.63 Å². The summed E-state index contributed by atoms with van der Waals surface area (Å²) in [5, 5.41) is 0.818. The monoisotopic (exact) mass is 360 g/mol. The molecule has 1 atom stereocenters. The molecule has 0 radical (unpaired) electrons. The van der Waals surface area contributed by atoms with Crippen LogP contribution in [-0.4, -0.2) is 5.78 Å². The second-order valence-electron chi connectivity index (χ2n) is 7.47. The summed E-state index contributed by atoms with van der Waals surface area (Å²) in [5.74, 6) is 0.678. The lowest BCUT2D eigenvalue weighted by molar-refractivity contribution is 0.0852. The number of fused-ring (bicyclic) bond motifs is 5. The number of ether oxygens (including phenoxy) is 1. The molecule has 0 fully saturated rings. The molecule has 27 heavy (non-hydrogen) atoms. The summed E-state index contributed by atoms with van der Waals surface area (Å²) in [5.41, 5.74) is 4.45. The first kappa shape index (κ1) is 16.3. The van der Waals surface area contributed by atoms with Gasteiger partial charge in [0.1, 0.15) is 17.4 Å². The summed E-state index contributed by atoms with van der Waals surface area (Å²) in [6.45, 7) is 1.88. The van der Waals surface area contributed by atoms with Crippen LogP contribution < -0.4 is 10.4 Å². The topological polar surface area (TPSA) is 56.5 Å². The van der Waals surface area contributed by atoms with Crippen molar-refractivity contribution in [1.29, 1.82) is 0 Å². The number of rotatable bonds is 1. The van der Waals surface area contributed by atoms with Gasteiger partial charge in [-0.05, 0) is 55.4 Å². The molecule has 0 saturated heterocycles. The summed E-state index contributed by atoms with van der Waals surface area (Å²) < 4.78 is 12.0. The molecule has 0 amide bonds. The molecule has 3 aromatic rings. The van der Waals surface area contributed by atoms with Crippen LogP contribution in [0.5, 0.6) is 5.75 Å². The first-order valence-corrected chi connectivity index (χ1v) is 9.50. The summed E-state index contributed by atoms with van der Waals surface area (Å²) in [6, 6.07) is 11.6. The van der Waals surface area contributed by atoms with E-state index in [-0.39, 0.29) is 17.5 Å². The lowest BCUT2D eigenvalue weighted by Crippen LogP contribution is -2.23. The minimum Gasteiger partial charge on any atom is -0.484 e. The maximum Gasteiger partial charge on any atom is 0.339 e. The van der Waals surface area contributed by atoms with Crippen molar-refractivity contribution in [1.82, 2.24) is 0 Å². The number of carbonyl (C=O) groups is 1. The Kier molecular flexibility index (Phi) is 3.67. The van der Waals surface area contributed by atoms with E-state index in [1.165, 1.54) is 0 Å². The molecule has 4 nitrogen and oxygen atoms in total. The fourth-order valence-corrected chi connectivity index (χ4v) is 4.46. The van der Waals surface area contributed by atoms with Crippen LogP contribution in [0.25, 0.3) is 11.0 Å². The molecule has 2 aliphatic rings. The van der Waals surface area contributed by atoms with Crippen LogP contribution >= 0.6 is 0 Å². The number of hydrogen-bond donors (Lipinski definition) is 0. The smallest absolute Gasteiger partial charge is 0.339 e. The maximum atomic E-state index is 13.0. The molecular weight excluding hydrogens is 340 g/mol. The van der Waals surface area contributed by atoms with Gasteiger partial charge < -0.3 is 9.15 Å². The Bertz CT molecular complexity index is 1120. The van der Waals surface area contributed by atoms with Crippen LogP contribution in [0.15, 0.2) is 45.6 Å². The van der Waals surface area contributed by atoms with Gasteiger partial charge in [-0.2, -0.15) is 0 Å². The predicted molar refractivity (Wildman–Crippen MR) is 103 cm³/mol. The van der Waals surface area contributed by atoms with Gasteiger partial charge in [0.2, 0.25) is 0 Å². The van der Waals surface area contributed by atoms with E-state index in [0.29, 0.717) is 23.3 Å². The van der Waals surface area contributed by atoms with Gasteiger partial charge in [0.05, 0.1) is 17.4 Å². The highest BCUT2D eigenvalue weighted by molar-refractivity contribution is 6.07. The second kappa shape index (κ2) is 6.08. The molecule has 2 aromatic carbocycles. The van der Waals surface area contributed by atoms with E-state index in [0.717, 1.165) is 53.3 Å². The van der Waals surface area contributed by atoms with E-state index >= 15 is 0 Å². The Morgan fingerprint density at radius 3 is 2.52 bits per heavy atom. The number of ketones is 1. The average Bonchev–Trinajstić information content (AvgIpc) is 2.68. The number of Topliss-reactive ketones (excluding diaryl/α,β-unsaturated/α-hetero) is 1. The summed E-state index contributed by atoms with van der Waals surface area (Å²) in [6.07, 6.45) is 3.57. The predicted octanol–water partition coefficient (Wildman–Crippen LogP) is 4.69. The third-order valence-corrected chi connectivity index (χ3v) is 5.74. The molecule has 4 heteroatoms. The van der Waals surface area contributed by atoms with Crippen molar-refractivity contribution in [3.63, 3.8) is 0 Å². The SMILES string of the molecule is Cc1cc2oc(=O)c3c(c2c2c1C(=O)CC(c1ccccc1)O2)CCCC3. The Labute approximate surface area is 156 Å². The first-order valence-electron chi connectivity index (χ1n) is 9.50. The van der Waals surface area contributed by atoms with E-state index in [2.05, 4.69) is 0 Å². The molecule has 136 valence electrons. The van der Waals surface area contributed by atoms with Gasteiger partial charge in [0.15, 0.2) is 5.78 Å². The minimum absolute atomic E-state index is 0.0836. The second-order valence-corrected chi connectivity index (χ2v) is 7.47. The van der Waals surface area contributed by atoms with Crippen molar-refractivity contribution in [3.8, 4) is 5.75 Å². The fraction of sp³-hybridized carbons (Fsp3) is 0.304. The van der Waals surface area contributed by atoms with Crippen LogP contribution in [0.4, 0.5) is 0 Å². The highest BCUT2D eigenvalue weighted by Crippen LogP contribution is 2.44. The summed E-state index contributed by atoms with van der Waals surface area (Å²) >= 11 is 0. The standard InChI is InChI=1S/C23H20O4/c1-13-11-19-21(15-9-5-6-10-16(15)23(25)27-19)22-20(13)17(24)12-18(26-22)14-7-3-2-4-8-14/h2-4,7-8,11,18H,5-6,9-10,12H2,1H3. The van der Waals surface area contributed by atoms with Crippen molar-refractivity contribution < 1.29 is 13.9 Å². The van der Waals surface area contributed by atoms with Gasteiger partial charge in [-0.15, -0.1) is 0 Å². The normalized spacial score (nSPS) is 18.7. The lowest BCUT2D eigenvalue weighted by atomic mass is 9.86. The zero-order chi connectivity index (χ0) is 18.5. The van der Waals surface area contributed by atoms with Gasteiger partial charge in [-0.25, -0.2) is 4.79 Å². The molecule has 1 aromatic heterocycles. The van der Waals surface area contributed by atoms with E-state index in [9.17, 15) is 9.59 Å². The third kappa shape index (κ3) is 2.51. The molecule has 1 unspecified atom stereocenters. The van der Waals surface area contributed by atoms with Crippen LogP contribution in [0.1, 0.15) is 58.0 Å². The van der Waals surface area contributed by atoms with Crippen molar-refractivity contribution in [3.05, 3.63) is 74.6 Å². The highest BCUT2D eigenvalue weighted by atomic mass is 16.5. The van der Waals surface area contributed by atoms with Gasteiger partial charge in [0.25, 0.3) is 0 Å². The molecule has 0 saturated carbocycles. The van der Waals surface area contributed by atoms with Gasteiger partial charge in [-0.1, -0.05) is 30.3 Å². The van der Waals surface area contributed by atoms with Crippen LogP contribution in [0.3, 0.4) is 0 Å². The van der Waals surface area contributed by atoms with E-state index in [1.54, 1.807) is 0 Å². The Hall–Kier alpha value is -2.88. The summed E-state index contributed by atoms with van der Waals surface area (Å²) in [7, 11) is 0. The van der Waals surface area contributed by atoms with E-state index in [4.69, 9.17) is 9.15 Å². The number of benzene rings is 2. The minimum atomic E-state index is -0.317. The van der Waals surface area contributed by atoms with E-state index in [1.807, 2.05) is 43.3 Å². The zero-order valence-corrected chi connectivity index (χ0v) is 15.2. The number of carbonyl (C=O) groups excluding carboxylic acids is 1. The Balaban J connectivity index is 1.79. The number of aryl methyl sites for hydroxylation is 2.